The van der Waals surface area contributed by atoms with Gasteiger partial charge in [0.1, 0.15) is 41.1 Å². The van der Waals surface area contributed by atoms with Crippen molar-refractivity contribution in [3.63, 3.8) is 0 Å². The third kappa shape index (κ3) is 7.99. The van der Waals surface area contributed by atoms with E-state index in [0.29, 0.717) is 51.8 Å². The zero-order valence-electron chi connectivity index (χ0n) is 28.4. The molecule has 0 bridgehead atoms. The van der Waals surface area contributed by atoms with Crippen molar-refractivity contribution in [2.24, 2.45) is 13.0 Å². The highest BCUT2D eigenvalue weighted by atomic mass is 19.1. The Hall–Kier alpha value is -5.83. The number of aryl methyl sites for hydroxylation is 1. The van der Waals surface area contributed by atoms with Crippen molar-refractivity contribution in [1.82, 2.24) is 44.4 Å². The van der Waals surface area contributed by atoms with Gasteiger partial charge in [-0.3, -0.25) is 9.69 Å². The number of hydrogen-bond donors (Lipinski definition) is 3. The van der Waals surface area contributed by atoms with Gasteiger partial charge >= 0.3 is 0 Å². The van der Waals surface area contributed by atoms with Crippen LogP contribution in [0.2, 0.25) is 0 Å². The van der Waals surface area contributed by atoms with Gasteiger partial charge in [-0.15, -0.1) is 0 Å². The number of nitrogens with one attached hydrogen (secondary N) is 1. The molecule has 0 aliphatic carbocycles. The van der Waals surface area contributed by atoms with Gasteiger partial charge in [-0.2, -0.15) is 0 Å². The number of nitrogens with two attached hydrogens (primary N) is 2. The number of carbonyl (C=O) groups excluding carboxylic acids is 1. The van der Waals surface area contributed by atoms with Gasteiger partial charge in [0.05, 0.1) is 23.3 Å². The second-order valence-corrected chi connectivity index (χ2v) is 13.0. The van der Waals surface area contributed by atoms with Crippen molar-refractivity contribution in [3.05, 3.63) is 79.2 Å². The summed E-state index contributed by atoms with van der Waals surface area (Å²) in [4.78, 5) is 46.6. The van der Waals surface area contributed by atoms with E-state index in [2.05, 4.69) is 56.6 Å². The van der Waals surface area contributed by atoms with Crippen LogP contribution in [0.25, 0.3) is 33.3 Å². The molecule has 0 saturated carbocycles. The summed E-state index contributed by atoms with van der Waals surface area (Å²) in [7, 11) is 2.05. The van der Waals surface area contributed by atoms with E-state index in [1.165, 1.54) is 31.2 Å². The molecule has 14 nitrogen and oxygen atoms in total. The molecule has 2 fully saturated rings. The quantitative estimate of drug-likeness (QED) is 0.217. The van der Waals surface area contributed by atoms with E-state index in [1.54, 1.807) is 18.2 Å². The Balaban J connectivity index is 0.000000160. The number of piperidine rings is 1. The molecule has 7 heterocycles. The number of carbonyl (C=O) groups is 1. The van der Waals surface area contributed by atoms with Crippen LogP contribution in [0.15, 0.2) is 67.5 Å². The number of fused-ring (bicyclic) bond motifs is 2. The third-order valence-electron chi connectivity index (χ3n) is 9.28. The van der Waals surface area contributed by atoms with Crippen molar-refractivity contribution in [1.29, 1.82) is 0 Å². The lowest BCUT2D eigenvalue weighted by molar-refractivity contribution is -0.117. The highest BCUT2D eigenvalue weighted by Gasteiger charge is 2.23. The van der Waals surface area contributed by atoms with Crippen LogP contribution in [0.5, 0.6) is 0 Å². The number of rotatable bonds is 7. The first-order valence-corrected chi connectivity index (χ1v) is 17.1. The van der Waals surface area contributed by atoms with Gasteiger partial charge in [0.2, 0.25) is 5.91 Å². The fourth-order valence-electron chi connectivity index (χ4n) is 6.69. The van der Waals surface area contributed by atoms with Crippen LogP contribution < -0.4 is 21.7 Å². The maximum atomic E-state index is 14.1. The van der Waals surface area contributed by atoms with Gasteiger partial charge in [0, 0.05) is 50.2 Å². The monoisotopic (exact) mass is 689 g/mol. The van der Waals surface area contributed by atoms with Gasteiger partial charge in [-0.1, -0.05) is 0 Å². The summed E-state index contributed by atoms with van der Waals surface area (Å²) in [6, 6.07) is 11.8. The van der Waals surface area contributed by atoms with Gasteiger partial charge in [-0.25, -0.2) is 39.3 Å². The first-order chi connectivity index (χ1) is 24.8. The summed E-state index contributed by atoms with van der Waals surface area (Å²) in [6.07, 6.45) is 12.3. The molecule has 2 aliphatic heterocycles. The second-order valence-electron chi connectivity index (χ2n) is 13.0. The fraction of sp³-hybridized carbons (Fsp3) is 0.333. The van der Waals surface area contributed by atoms with Crippen molar-refractivity contribution < 1.29 is 9.18 Å². The minimum Gasteiger partial charge on any atom is -0.382 e. The molecule has 8 rings (SSSR count). The first-order valence-electron chi connectivity index (χ1n) is 17.1. The topological polar surface area (TPSA) is 183 Å². The number of nitrogen functional groups attached to an aromatic ring is 2. The van der Waals surface area contributed by atoms with Crippen molar-refractivity contribution in [3.8, 4) is 11.3 Å². The number of benzene rings is 1. The Kier molecular flexibility index (Phi) is 9.88. The van der Waals surface area contributed by atoms with Gasteiger partial charge < -0.3 is 26.3 Å². The number of halogens is 1. The molecule has 1 aromatic carbocycles. The van der Waals surface area contributed by atoms with Crippen LogP contribution in [0, 0.1) is 11.7 Å². The Morgan fingerprint density at radius 1 is 0.882 bits per heavy atom. The molecule has 2 saturated heterocycles. The molecule has 5 aromatic heterocycles. The third-order valence-corrected chi connectivity index (χ3v) is 9.28. The lowest BCUT2D eigenvalue weighted by atomic mass is 9.94. The van der Waals surface area contributed by atoms with Crippen molar-refractivity contribution in [2.75, 3.05) is 54.4 Å². The number of amides is 1. The van der Waals surface area contributed by atoms with E-state index in [9.17, 15) is 9.18 Å². The molecule has 0 spiro atoms. The normalized spacial score (nSPS) is 16.3. The smallest absolute Gasteiger partial charge is 0.238 e. The Labute approximate surface area is 294 Å². The maximum Gasteiger partial charge on any atom is 0.238 e. The zero-order valence-corrected chi connectivity index (χ0v) is 28.4. The van der Waals surface area contributed by atoms with Crippen molar-refractivity contribution >= 4 is 51.1 Å². The molecule has 0 radical (unpaired) electrons. The number of anilines is 4. The number of hydrogen-bond acceptors (Lipinski definition) is 12. The van der Waals surface area contributed by atoms with E-state index in [0.717, 1.165) is 69.0 Å². The molecule has 1 atom stereocenters. The molecular weight excluding hydrogens is 649 g/mol. The highest BCUT2D eigenvalue weighted by Crippen LogP contribution is 2.27. The van der Waals surface area contributed by atoms with Crippen molar-refractivity contribution in [2.45, 2.75) is 32.1 Å². The predicted octanol–water partition coefficient (Wildman–Crippen LogP) is 4.25. The summed E-state index contributed by atoms with van der Waals surface area (Å²) < 4.78 is 16.2. The van der Waals surface area contributed by atoms with Gasteiger partial charge in [0.25, 0.3) is 0 Å². The summed E-state index contributed by atoms with van der Waals surface area (Å²) in [5.41, 5.74) is 15.8. The maximum absolute atomic E-state index is 14.1. The Bertz CT molecular complexity index is 2170. The number of aromatic nitrogens is 8. The number of likely N-dealkylation sites (tertiary alicyclic amines) is 1. The van der Waals surface area contributed by atoms with E-state index in [1.807, 2.05) is 24.5 Å². The minimum absolute atomic E-state index is 0.155. The molecule has 262 valence electrons. The number of pyridine rings is 2. The molecule has 1 unspecified atom stereocenters. The zero-order chi connectivity index (χ0) is 35.3. The lowest BCUT2D eigenvalue weighted by Gasteiger charge is -2.33. The van der Waals surface area contributed by atoms with E-state index in [4.69, 9.17) is 16.5 Å². The van der Waals surface area contributed by atoms with Crippen LogP contribution in [0.3, 0.4) is 0 Å². The minimum atomic E-state index is -0.455. The van der Waals surface area contributed by atoms with E-state index in [-0.39, 0.29) is 11.7 Å². The second kappa shape index (κ2) is 15.0. The largest absolute Gasteiger partial charge is 0.382 e. The first kappa shape index (κ1) is 33.7. The summed E-state index contributed by atoms with van der Waals surface area (Å²) in [6.45, 7) is 4.16. The average Bonchev–Trinajstić information content (AvgIpc) is 3.80. The van der Waals surface area contributed by atoms with Crippen LogP contribution in [0.1, 0.15) is 31.5 Å². The molecular formula is C36H40FN13O. The Morgan fingerprint density at radius 3 is 2.33 bits per heavy atom. The molecule has 51 heavy (non-hydrogen) atoms. The van der Waals surface area contributed by atoms with E-state index >= 15 is 0 Å². The van der Waals surface area contributed by atoms with Gasteiger partial charge in [0.15, 0.2) is 11.6 Å². The van der Waals surface area contributed by atoms with Crippen LogP contribution >= 0.6 is 0 Å². The standard InChI is InChI=1S/C19H19FN6O.C17H21N7/c20-13-7-12(15-3-4-16-18(25-15)19(21)23-11-22-16)8-14(9-13)24-17(27)10-26-5-1-2-6-26;1-23-8-6-19-15(23)9-12-3-2-7-24(10-12)14-5-4-13-16(22-14)17(18)21-11-20-13/h3-4,7-9,11H,1-2,5-6,10H2,(H,24,27)(H2,21,22,23);4-6,8,11-12H,2-3,7,9-10H2,1H3,(H2,18,20,21). The predicted molar refractivity (Wildman–Crippen MR) is 195 cm³/mol. The molecule has 6 aromatic rings. The van der Waals surface area contributed by atoms with E-state index < -0.39 is 5.82 Å². The lowest BCUT2D eigenvalue weighted by Crippen LogP contribution is -2.37. The average molecular weight is 690 g/mol. The molecule has 2 aliphatic rings. The Morgan fingerprint density at radius 2 is 1.61 bits per heavy atom. The van der Waals surface area contributed by atoms with Crippen LogP contribution in [-0.4, -0.2) is 83.0 Å². The van der Waals surface area contributed by atoms with Crippen LogP contribution in [0.4, 0.5) is 27.5 Å². The molecule has 15 heteroatoms. The summed E-state index contributed by atoms with van der Waals surface area (Å²) in [5, 5.41) is 2.77. The number of nitrogens with zero attached hydrogens (tertiary/aromatic N) is 10. The molecule has 1 amide bonds. The summed E-state index contributed by atoms with van der Waals surface area (Å²) >= 11 is 0. The fourth-order valence-corrected chi connectivity index (χ4v) is 6.69. The van der Waals surface area contributed by atoms with Crippen LogP contribution in [-0.2, 0) is 18.3 Å². The SMILES string of the molecule is Cn1ccnc1CC1CCCN(c2ccc3ncnc(N)c3n2)C1.Nc1ncnc2ccc(-c3cc(F)cc(NC(=O)CN4CCCC4)c3)nc12. The number of imidazole rings is 1. The summed E-state index contributed by atoms with van der Waals surface area (Å²) in [5.74, 6) is 2.77. The van der Waals surface area contributed by atoms with Gasteiger partial charge in [-0.05, 0) is 87.2 Å². The molecule has 5 N–H and O–H groups in total. The highest BCUT2D eigenvalue weighted by molar-refractivity contribution is 5.93.